The predicted molar refractivity (Wildman–Crippen MR) is 111 cm³/mol. The van der Waals surface area contributed by atoms with Gasteiger partial charge in [-0.15, -0.1) is 0 Å². The van der Waals surface area contributed by atoms with Gasteiger partial charge in [0.05, 0.1) is 10.8 Å². The summed E-state index contributed by atoms with van der Waals surface area (Å²) in [6.07, 6.45) is 1.42. The van der Waals surface area contributed by atoms with Crippen LogP contribution >= 0.6 is 0 Å². The molecule has 0 aliphatic carbocycles. The molecule has 2 aromatic rings. The van der Waals surface area contributed by atoms with Crippen LogP contribution in [0.4, 0.5) is 5.69 Å². The van der Waals surface area contributed by atoms with Crippen molar-refractivity contribution in [2.24, 2.45) is 0 Å². The highest BCUT2D eigenvalue weighted by molar-refractivity contribution is 7.89. The van der Waals surface area contributed by atoms with E-state index in [2.05, 4.69) is 5.32 Å². The molecule has 0 radical (unpaired) electrons. The first-order valence-corrected chi connectivity index (χ1v) is 10.7. The molecule has 1 atom stereocenters. The summed E-state index contributed by atoms with van der Waals surface area (Å²) >= 11 is 0. The van der Waals surface area contributed by atoms with E-state index in [1.165, 1.54) is 32.3 Å². The number of hydrogen-bond donors (Lipinski definition) is 1. The molecule has 0 bridgehead atoms. The van der Waals surface area contributed by atoms with Crippen LogP contribution in [0.25, 0.3) is 0 Å². The van der Waals surface area contributed by atoms with Crippen LogP contribution in [-0.2, 0) is 24.3 Å². The van der Waals surface area contributed by atoms with E-state index >= 15 is 0 Å². The molecule has 1 amide bonds. The molecule has 0 spiro atoms. The molecule has 2 rings (SSSR count). The Morgan fingerprint density at radius 2 is 1.76 bits per heavy atom. The highest BCUT2D eigenvalue weighted by Gasteiger charge is 2.22. The maximum atomic E-state index is 12.5. The first-order valence-electron chi connectivity index (χ1n) is 9.29. The predicted octanol–water partition coefficient (Wildman–Crippen LogP) is 3.00. The van der Waals surface area contributed by atoms with Gasteiger partial charge in [-0.05, 0) is 30.2 Å². The van der Waals surface area contributed by atoms with Crippen molar-refractivity contribution in [1.82, 2.24) is 4.31 Å². The molecule has 0 fully saturated rings. The fourth-order valence-electron chi connectivity index (χ4n) is 2.77. The third-order valence-electron chi connectivity index (χ3n) is 4.31. The average Bonchev–Trinajstić information content (AvgIpc) is 2.71. The van der Waals surface area contributed by atoms with Crippen LogP contribution in [-0.4, -0.2) is 45.3 Å². The number of amides is 1. The zero-order valence-electron chi connectivity index (χ0n) is 16.8. The molecule has 2 aromatic carbocycles. The van der Waals surface area contributed by atoms with E-state index in [0.717, 1.165) is 16.3 Å². The van der Waals surface area contributed by atoms with E-state index in [4.69, 9.17) is 4.74 Å². The Hall–Kier alpha value is -2.71. The van der Waals surface area contributed by atoms with Crippen LogP contribution in [0.15, 0.2) is 59.5 Å². The molecule has 0 unspecified atom stereocenters. The van der Waals surface area contributed by atoms with Gasteiger partial charge in [0.2, 0.25) is 10.0 Å². The molecular formula is C21H26N2O5S. The van der Waals surface area contributed by atoms with E-state index in [1.54, 1.807) is 6.07 Å². The maximum Gasteiger partial charge on any atom is 0.313 e. The lowest BCUT2D eigenvalue weighted by molar-refractivity contribution is -0.149. The van der Waals surface area contributed by atoms with Gasteiger partial charge in [-0.3, -0.25) is 9.59 Å². The summed E-state index contributed by atoms with van der Waals surface area (Å²) in [6, 6.07) is 15.2. The Balaban J connectivity index is 2.00. The molecule has 7 nitrogen and oxygen atoms in total. The molecule has 29 heavy (non-hydrogen) atoms. The largest absolute Gasteiger partial charge is 0.455 e. The number of carbonyl (C=O) groups excluding carboxylic acids is 2. The van der Waals surface area contributed by atoms with Crippen molar-refractivity contribution in [3.05, 3.63) is 60.2 Å². The lowest BCUT2D eigenvalue weighted by Crippen LogP contribution is -2.24. The number of rotatable bonds is 9. The van der Waals surface area contributed by atoms with Gasteiger partial charge in [-0.1, -0.05) is 49.7 Å². The van der Waals surface area contributed by atoms with Crippen molar-refractivity contribution in [1.29, 1.82) is 0 Å². The third kappa shape index (κ3) is 6.13. The summed E-state index contributed by atoms with van der Waals surface area (Å²) in [4.78, 5) is 24.7. The van der Waals surface area contributed by atoms with E-state index < -0.39 is 34.4 Å². The number of sulfonamides is 1. The number of nitrogens with one attached hydrogen (secondary N) is 1. The molecule has 156 valence electrons. The SMILES string of the molecule is CCC[C@H](C(=O)OCC(=O)Nc1cccc(S(=O)(=O)N(C)C)c1)c1ccccc1. The third-order valence-corrected chi connectivity index (χ3v) is 6.12. The normalized spacial score (nSPS) is 12.4. The quantitative estimate of drug-likeness (QED) is 0.632. The number of nitrogens with zero attached hydrogens (tertiary/aromatic N) is 1. The summed E-state index contributed by atoms with van der Waals surface area (Å²) < 4.78 is 30.7. The summed E-state index contributed by atoms with van der Waals surface area (Å²) in [5.41, 5.74) is 1.16. The van der Waals surface area contributed by atoms with Gasteiger partial charge in [-0.2, -0.15) is 0 Å². The summed E-state index contributed by atoms with van der Waals surface area (Å²) in [7, 11) is -0.752. The summed E-state index contributed by atoms with van der Waals surface area (Å²) in [5, 5.41) is 2.56. The second-order valence-electron chi connectivity index (χ2n) is 6.72. The van der Waals surface area contributed by atoms with Crippen molar-refractivity contribution < 1.29 is 22.7 Å². The monoisotopic (exact) mass is 418 g/mol. The molecule has 0 aliphatic rings. The van der Waals surface area contributed by atoms with Crippen molar-refractivity contribution in [3.8, 4) is 0 Å². The van der Waals surface area contributed by atoms with Crippen molar-refractivity contribution >= 4 is 27.6 Å². The van der Waals surface area contributed by atoms with Gasteiger partial charge in [-0.25, -0.2) is 12.7 Å². The molecule has 0 aliphatic heterocycles. The molecular weight excluding hydrogens is 392 g/mol. The van der Waals surface area contributed by atoms with Crippen molar-refractivity contribution in [2.75, 3.05) is 26.0 Å². The topological polar surface area (TPSA) is 92.8 Å². The van der Waals surface area contributed by atoms with Gasteiger partial charge in [0, 0.05) is 19.8 Å². The zero-order valence-corrected chi connectivity index (χ0v) is 17.6. The Morgan fingerprint density at radius 3 is 2.38 bits per heavy atom. The standard InChI is InChI=1S/C21H26N2O5S/c1-4-9-19(16-10-6-5-7-11-16)21(25)28-15-20(24)22-17-12-8-13-18(14-17)29(26,27)23(2)3/h5-8,10-14,19H,4,9,15H2,1-3H3,(H,22,24)/t19-/m0/s1. The summed E-state index contributed by atoms with van der Waals surface area (Å²) in [6.45, 7) is 1.53. The molecule has 0 saturated heterocycles. The first-order chi connectivity index (χ1) is 13.8. The molecule has 0 saturated carbocycles. The van der Waals surface area contributed by atoms with E-state index in [-0.39, 0.29) is 4.90 Å². The highest BCUT2D eigenvalue weighted by atomic mass is 32.2. The van der Waals surface area contributed by atoms with E-state index in [9.17, 15) is 18.0 Å². The lowest BCUT2D eigenvalue weighted by Gasteiger charge is -2.16. The maximum absolute atomic E-state index is 12.5. The minimum atomic E-state index is -3.61. The Kier molecular flexibility index (Phi) is 7.92. The Morgan fingerprint density at radius 1 is 1.07 bits per heavy atom. The second-order valence-corrected chi connectivity index (χ2v) is 8.87. The van der Waals surface area contributed by atoms with Crippen LogP contribution < -0.4 is 5.32 Å². The second kappa shape index (κ2) is 10.2. The van der Waals surface area contributed by atoms with Crippen molar-refractivity contribution in [3.63, 3.8) is 0 Å². The molecule has 8 heteroatoms. The fourth-order valence-corrected chi connectivity index (χ4v) is 3.72. The minimum absolute atomic E-state index is 0.0596. The average molecular weight is 419 g/mol. The van der Waals surface area contributed by atoms with Crippen LogP contribution in [0.3, 0.4) is 0 Å². The number of anilines is 1. The van der Waals surface area contributed by atoms with Gasteiger partial charge < -0.3 is 10.1 Å². The van der Waals surface area contributed by atoms with E-state index in [1.807, 2.05) is 37.3 Å². The van der Waals surface area contributed by atoms with Crippen LogP contribution in [0.5, 0.6) is 0 Å². The number of benzene rings is 2. The van der Waals surface area contributed by atoms with Gasteiger partial charge in [0.15, 0.2) is 6.61 Å². The fraction of sp³-hybridized carbons (Fsp3) is 0.333. The van der Waals surface area contributed by atoms with Gasteiger partial charge in [0.25, 0.3) is 5.91 Å². The lowest BCUT2D eigenvalue weighted by atomic mass is 9.95. The molecule has 0 aromatic heterocycles. The summed E-state index contributed by atoms with van der Waals surface area (Å²) in [5.74, 6) is -1.43. The Labute approximate surface area is 171 Å². The van der Waals surface area contributed by atoms with E-state index in [0.29, 0.717) is 12.1 Å². The van der Waals surface area contributed by atoms with Crippen molar-refractivity contribution in [2.45, 2.75) is 30.6 Å². The number of esters is 1. The van der Waals surface area contributed by atoms with Gasteiger partial charge in [0.1, 0.15) is 0 Å². The Bertz CT molecular complexity index is 943. The molecule has 0 heterocycles. The van der Waals surface area contributed by atoms with Crippen LogP contribution in [0, 0.1) is 0 Å². The van der Waals surface area contributed by atoms with Crippen LogP contribution in [0.2, 0.25) is 0 Å². The minimum Gasteiger partial charge on any atom is -0.455 e. The zero-order chi connectivity index (χ0) is 21.4. The van der Waals surface area contributed by atoms with Gasteiger partial charge >= 0.3 is 5.97 Å². The smallest absolute Gasteiger partial charge is 0.313 e. The first kappa shape index (κ1) is 22.6. The van der Waals surface area contributed by atoms with Crippen LogP contribution in [0.1, 0.15) is 31.2 Å². The number of carbonyl (C=O) groups is 2. The number of hydrogen-bond acceptors (Lipinski definition) is 5. The molecule has 1 N–H and O–H groups in total. The highest BCUT2D eigenvalue weighted by Crippen LogP contribution is 2.23. The number of ether oxygens (including phenoxy) is 1.